The number of carboxylic acids is 1. The van der Waals surface area contributed by atoms with Gasteiger partial charge in [-0.3, -0.25) is 48.5 Å². The van der Waals surface area contributed by atoms with E-state index in [-0.39, 0.29) is 111 Å². The van der Waals surface area contributed by atoms with Crippen molar-refractivity contribution in [3.63, 3.8) is 0 Å². The van der Waals surface area contributed by atoms with Gasteiger partial charge in [-0.15, -0.1) is 0 Å². The zero-order valence-electron chi connectivity index (χ0n) is 41.1. The van der Waals surface area contributed by atoms with Crippen molar-refractivity contribution < 1.29 is 73.9 Å². The van der Waals surface area contributed by atoms with Gasteiger partial charge in [0, 0.05) is 70.0 Å². The van der Waals surface area contributed by atoms with Crippen LogP contribution in [-0.4, -0.2) is 150 Å². The maximum Gasteiger partial charge on any atom is 0.353 e. The number of aromatic hydroxyl groups is 4. The van der Waals surface area contributed by atoms with E-state index in [1.54, 1.807) is 30.3 Å². The number of allylic oxidation sites excluding steroid dienone is 1. The molecule has 0 spiro atoms. The number of carboxylic acid groups (broad SMARTS) is 1. The van der Waals surface area contributed by atoms with Gasteiger partial charge in [0.25, 0.3) is 17.7 Å². The van der Waals surface area contributed by atoms with Crippen molar-refractivity contribution in [3.05, 3.63) is 94.1 Å². The third-order valence-corrected chi connectivity index (χ3v) is 12.9. The van der Waals surface area contributed by atoms with Crippen LogP contribution >= 0.6 is 11.6 Å². The fourth-order valence-corrected chi connectivity index (χ4v) is 8.71. The average molecular weight is 1060 g/mol. The Morgan fingerprint density at radius 2 is 1.23 bits per heavy atom. The molecule has 1 fully saturated rings. The molecule has 2 heterocycles. The molecule has 5 rings (SSSR count). The van der Waals surface area contributed by atoms with Crippen LogP contribution in [0.2, 0.25) is 0 Å². The van der Waals surface area contributed by atoms with E-state index < -0.39 is 82.5 Å². The number of benzene rings is 3. The number of β-lactam (4-membered cyclic amide) rings is 1. The van der Waals surface area contributed by atoms with E-state index in [0.29, 0.717) is 55.6 Å². The average Bonchev–Trinajstić information content (AvgIpc) is 3.39. The number of nitrogens with zero attached hydrogens (tertiary/aromatic N) is 3. The smallest absolute Gasteiger partial charge is 0.353 e. The first kappa shape index (κ1) is 58.0. The van der Waals surface area contributed by atoms with Crippen LogP contribution in [0, 0.1) is 0 Å². The van der Waals surface area contributed by atoms with Gasteiger partial charge in [-0.05, 0) is 87.6 Å². The lowest BCUT2D eigenvalue weighted by atomic mass is 9.86. The number of hydrogen-bond donors (Lipinski definition) is 11. The molecule has 24 heteroatoms. The molecule has 75 heavy (non-hydrogen) atoms. The van der Waals surface area contributed by atoms with Gasteiger partial charge in [-0.25, -0.2) is 9.86 Å². The molecular formula is C51H63ClN8O15. The number of carbonyl (C=O) groups is 9. The minimum atomic E-state index is -1.35. The minimum Gasteiger partial charge on any atom is -0.504 e. The second kappa shape index (κ2) is 28.5. The Morgan fingerprint density at radius 1 is 0.640 bits per heavy atom. The number of hydroxylamine groups is 2. The van der Waals surface area contributed by atoms with Crippen LogP contribution in [0.4, 0.5) is 0 Å². The van der Waals surface area contributed by atoms with Crippen LogP contribution in [0.15, 0.2) is 77.5 Å². The summed E-state index contributed by atoms with van der Waals surface area (Å²) < 4.78 is 0. The molecule has 404 valence electrons. The first-order chi connectivity index (χ1) is 35.9. The summed E-state index contributed by atoms with van der Waals surface area (Å²) >= 11 is 6.07. The Balaban J connectivity index is 0.974. The summed E-state index contributed by atoms with van der Waals surface area (Å²) in [5.41, 5.74) is -0.115. The highest BCUT2D eigenvalue weighted by Gasteiger charge is 2.53. The third-order valence-electron chi connectivity index (χ3n) is 12.5. The van der Waals surface area contributed by atoms with Crippen LogP contribution < -0.4 is 26.6 Å². The molecule has 3 atom stereocenters. The molecule has 11 N–H and O–H groups in total. The molecule has 0 saturated carbocycles. The molecule has 0 aromatic heterocycles. The van der Waals surface area contributed by atoms with Crippen molar-refractivity contribution in [2.75, 3.05) is 39.3 Å². The molecule has 2 aliphatic rings. The van der Waals surface area contributed by atoms with E-state index in [9.17, 15) is 73.9 Å². The number of unbranched alkanes of at least 4 members (excludes halogenated alkanes) is 3. The summed E-state index contributed by atoms with van der Waals surface area (Å²) in [7, 11) is 0. The largest absolute Gasteiger partial charge is 0.504 e. The van der Waals surface area contributed by atoms with Gasteiger partial charge in [0.2, 0.25) is 29.5 Å². The number of hydrogen-bond acceptors (Lipinski definition) is 14. The van der Waals surface area contributed by atoms with Crippen molar-refractivity contribution >= 4 is 64.8 Å². The molecule has 0 aliphatic carbocycles. The highest BCUT2D eigenvalue weighted by molar-refractivity contribution is 6.32. The van der Waals surface area contributed by atoms with Crippen LogP contribution in [0.3, 0.4) is 0 Å². The van der Waals surface area contributed by atoms with Crippen molar-refractivity contribution in [3.8, 4) is 23.0 Å². The van der Waals surface area contributed by atoms with Crippen LogP contribution in [0.5, 0.6) is 23.0 Å². The first-order valence-electron chi connectivity index (χ1n) is 24.6. The highest BCUT2D eigenvalue weighted by Crippen LogP contribution is 2.38. The van der Waals surface area contributed by atoms with Gasteiger partial charge in [0.15, 0.2) is 23.0 Å². The van der Waals surface area contributed by atoms with E-state index in [4.69, 9.17) is 11.6 Å². The lowest BCUT2D eigenvalue weighted by Crippen LogP contribution is -2.72. The maximum absolute atomic E-state index is 13.5. The SMILES string of the molecule is O=C(CCC(=O)N(CCCCNC(=O)c1cccc(O)c1O)CCCNC(=O)c1cccc(O)c1O)NCCCCCN(O)C(=O)CCCC(=O)N[C@@H](C(=O)N[C@@H]1C(=O)N2C(C(=O)O)=C(Cl)CCC12)c1ccccc1. The molecule has 2 aliphatic heterocycles. The summed E-state index contributed by atoms with van der Waals surface area (Å²) in [5, 5.41) is 73.3. The Kier molecular flexibility index (Phi) is 22.0. The Bertz CT molecular complexity index is 2600. The molecule has 3 aromatic rings. The number of aliphatic carboxylic acids is 1. The van der Waals surface area contributed by atoms with Crippen molar-refractivity contribution in [1.29, 1.82) is 0 Å². The molecule has 1 unspecified atom stereocenters. The number of phenolic OH excluding ortho intramolecular Hbond substituents is 4. The van der Waals surface area contributed by atoms with Crippen molar-refractivity contribution in [1.82, 2.24) is 41.4 Å². The van der Waals surface area contributed by atoms with E-state index in [2.05, 4.69) is 26.6 Å². The summed E-state index contributed by atoms with van der Waals surface area (Å²) in [6.07, 6.45) is 2.61. The van der Waals surface area contributed by atoms with Gasteiger partial charge in [0.05, 0.1) is 17.2 Å². The number of halogens is 1. The van der Waals surface area contributed by atoms with Gasteiger partial charge in [-0.2, -0.15) is 0 Å². The zero-order chi connectivity index (χ0) is 54.6. The van der Waals surface area contributed by atoms with Gasteiger partial charge in [-0.1, -0.05) is 54.1 Å². The van der Waals surface area contributed by atoms with Crippen molar-refractivity contribution in [2.24, 2.45) is 0 Å². The molecule has 0 radical (unpaired) electrons. The maximum atomic E-state index is 13.5. The lowest BCUT2D eigenvalue weighted by molar-refractivity contribution is -0.165. The van der Waals surface area contributed by atoms with E-state index in [0.717, 1.165) is 4.90 Å². The van der Waals surface area contributed by atoms with E-state index in [1.807, 2.05) is 0 Å². The molecule has 8 amide bonds. The summed E-state index contributed by atoms with van der Waals surface area (Å²) in [5.74, 6) is -7.79. The normalized spacial score (nSPS) is 15.1. The molecule has 23 nitrogen and oxygen atoms in total. The van der Waals surface area contributed by atoms with Gasteiger partial charge < -0.3 is 57.0 Å². The highest BCUT2D eigenvalue weighted by atomic mass is 35.5. The summed E-state index contributed by atoms with van der Waals surface area (Å²) in [4.78, 5) is 118. The van der Waals surface area contributed by atoms with E-state index >= 15 is 0 Å². The molecule has 0 bridgehead atoms. The van der Waals surface area contributed by atoms with E-state index in [1.165, 1.54) is 41.3 Å². The molecule has 1 saturated heterocycles. The Labute approximate surface area is 436 Å². The summed E-state index contributed by atoms with van der Waals surface area (Å²) in [6.45, 7) is 1.02. The summed E-state index contributed by atoms with van der Waals surface area (Å²) in [6, 6.07) is 13.4. The fourth-order valence-electron chi connectivity index (χ4n) is 8.43. The number of nitrogens with one attached hydrogen (secondary N) is 5. The predicted molar refractivity (Wildman–Crippen MR) is 268 cm³/mol. The number of phenols is 4. The van der Waals surface area contributed by atoms with Crippen LogP contribution in [-0.2, 0) is 33.6 Å². The molecular weight excluding hydrogens is 1000 g/mol. The fraction of sp³-hybridized carbons (Fsp3) is 0.431. The lowest BCUT2D eigenvalue weighted by Gasteiger charge is -2.49. The Hall–Kier alpha value is -7.92. The third kappa shape index (κ3) is 16.5. The topological polar surface area (TPSA) is 345 Å². The second-order valence-electron chi connectivity index (χ2n) is 17.9. The predicted octanol–water partition coefficient (Wildman–Crippen LogP) is 3.00. The number of carbonyl (C=O) groups excluding carboxylic acids is 8. The van der Waals surface area contributed by atoms with Crippen molar-refractivity contribution in [2.45, 2.75) is 102 Å². The zero-order valence-corrected chi connectivity index (χ0v) is 41.9. The standard InChI is InChI=1S/C51H63ClN8O15/c52-34-21-22-35-43(50(72)60(35)44(34)51(73)74)57-49(71)42(31-13-3-1-4-14-31)56-39(64)19-11-20-41(66)59(75)30-7-2-5-25-53-38(63)23-24-40(65)58(29-12-27-55-48(70)33-16-10-18-37(62)46(33)68)28-8-6-26-54-47(69)32-15-9-17-36(61)45(32)67/h1,3-4,9-10,13-18,35,42-43,61-62,67-68,75H,2,5-8,11-12,19-30H2,(H,53,63)(H,54,69)(H,55,70)(H,56,64)(H,57,71)(H,73,74)/t35?,42-,43+/m1/s1. The monoisotopic (exact) mass is 1060 g/mol. The van der Waals surface area contributed by atoms with Gasteiger partial charge in [0.1, 0.15) is 17.8 Å². The number of para-hydroxylation sites is 2. The quantitative estimate of drug-likeness (QED) is 0.0157. The number of fused-ring (bicyclic) bond motifs is 1. The minimum absolute atomic E-state index is 0.0105. The van der Waals surface area contributed by atoms with Gasteiger partial charge >= 0.3 is 5.97 Å². The number of rotatable bonds is 29. The Morgan fingerprint density at radius 3 is 1.87 bits per heavy atom. The molecule has 3 aromatic carbocycles. The van der Waals surface area contributed by atoms with Crippen LogP contribution in [0.25, 0.3) is 0 Å². The van der Waals surface area contributed by atoms with Crippen LogP contribution in [0.1, 0.15) is 116 Å². The first-order valence-corrected chi connectivity index (χ1v) is 25.0. The second-order valence-corrected chi connectivity index (χ2v) is 18.3. The number of amides is 8.